The van der Waals surface area contributed by atoms with E-state index in [1.807, 2.05) is 89.8 Å². The maximum Gasteiger partial charge on any atom is 0.276 e. The van der Waals surface area contributed by atoms with E-state index in [4.69, 9.17) is 9.97 Å². The summed E-state index contributed by atoms with van der Waals surface area (Å²) in [4.78, 5) is 77.0. The van der Waals surface area contributed by atoms with Crippen molar-refractivity contribution < 1.29 is 36.4 Å². The van der Waals surface area contributed by atoms with Crippen molar-refractivity contribution in [2.45, 2.75) is 39.2 Å². The molecular weight excluding hydrogens is 1170 g/mol. The van der Waals surface area contributed by atoms with Crippen molar-refractivity contribution in [1.82, 2.24) is 19.6 Å². The lowest BCUT2D eigenvalue weighted by molar-refractivity contribution is 0.0975. The molecule has 446 valence electrons. The molecule has 0 spiro atoms. The molecule has 4 aliphatic heterocycles. The molecule has 8 heterocycles. The molecule has 4 amide bonds. The molecule has 0 radical (unpaired) electrons. The number of para-hydroxylation sites is 4. The summed E-state index contributed by atoms with van der Waals surface area (Å²) in [6, 6.07) is 44.4. The van der Waals surface area contributed by atoms with Crippen molar-refractivity contribution in [3.63, 3.8) is 0 Å². The summed E-state index contributed by atoms with van der Waals surface area (Å²) >= 11 is 2.57. The molecule has 5 aromatic carbocycles. The number of amides is 4. The number of carbonyl (C=O) groups is 4. The summed E-state index contributed by atoms with van der Waals surface area (Å²) in [6.45, 7) is 6.11. The van der Waals surface area contributed by atoms with E-state index < -0.39 is 33.5 Å². The molecule has 16 nitrogen and oxygen atoms in total. The molecular formula is C67H60F2N10O6S3. The maximum atomic E-state index is 16.2. The average molecular weight is 1240 g/mol. The maximum absolute atomic E-state index is 16.2. The Morgan fingerprint density at radius 2 is 1.16 bits per heavy atom. The van der Waals surface area contributed by atoms with Crippen LogP contribution in [-0.4, -0.2) is 105 Å². The van der Waals surface area contributed by atoms with E-state index in [2.05, 4.69) is 20.9 Å². The zero-order valence-corrected chi connectivity index (χ0v) is 50.6. The summed E-state index contributed by atoms with van der Waals surface area (Å²) < 4.78 is 58.8. The van der Waals surface area contributed by atoms with Gasteiger partial charge in [0.1, 0.15) is 34.7 Å². The Morgan fingerprint density at radius 3 is 1.80 bits per heavy atom. The normalized spacial score (nSPS) is 15.1. The number of thiophene rings is 2. The molecule has 13 rings (SSSR count). The van der Waals surface area contributed by atoms with Crippen LogP contribution in [0.1, 0.15) is 80.1 Å². The molecule has 0 atom stereocenters. The molecule has 4 aromatic heterocycles. The van der Waals surface area contributed by atoms with E-state index in [0.717, 1.165) is 76.0 Å². The summed E-state index contributed by atoms with van der Waals surface area (Å²) in [7, 11) is -3.67. The molecule has 0 saturated carbocycles. The second-order valence-corrected chi connectivity index (χ2v) is 26.3. The van der Waals surface area contributed by atoms with Crippen LogP contribution in [0.4, 0.5) is 48.9 Å². The summed E-state index contributed by atoms with van der Waals surface area (Å²) in [5.74, 6) is -1.47. The van der Waals surface area contributed by atoms with Crippen LogP contribution in [-0.2, 0) is 35.8 Å². The monoisotopic (exact) mass is 1230 g/mol. The number of nitrogens with one attached hydrogen (secondary N) is 3. The van der Waals surface area contributed by atoms with Gasteiger partial charge < -0.3 is 35.6 Å². The minimum absolute atomic E-state index is 0.0215. The predicted molar refractivity (Wildman–Crippen MR) is 343 cm³/mol. The van der Waals surface area contributed by atoms with Crippen LogP contribution < -0.4 is 35.6 Å². The molecule has 1 saturated heterocycles. The lowest BCUT2D eigenvalue weighted by atomic mass is 10.00. The van der Waals surface area contributed by atoms with E-state index in [1.54, 1.807) is 71.3 Å². The Kier molecular flexibility index (Phi) is 16.0. The van der Waals surface area contributed by atoms with Gasteiger partial charge in [-0.1, -0.05) is 84.9 Å². The number of carbonyl (C=O) groups excluding carboxylic acids is 4. The first kappa shape index (κ1) is 58.1. The predicted octanol–water partition coefficient (Wildman–Crippen LogP) is 11.7. The summed E-state index contributed by atoms with van der Waals surface area (Å²) in [6.07, 6.45) is 3.21. The molecule has 4 aliphatic rings. The third-order valence-corrected chi connectivity index (χ3v) is 20.2. The zero-order chi connectivity index (χ0) is 60.8. The van der Waals surface area contributed by atoms with Gasteiger partial charge >= 0.3 is 0 Å². The standard InChI is InChI=1S/C67H60F2N10O6S3/c1-41-12-7-16-49(68)60(41)73-64(80)56-38-44-27-32-79(54-21-6-4-15-48(54)62(44)86-56)67(83)52-19-10-23-59(72-52)77-35-34-76(88(2,84)85)40-46-25-24-42(37-55(46)77)36-43-13-8-17-50(69)61(43)74-65(81)57-39-45-26-31-78(53-20-5-3-14-47(53)63(45)87-57)66(82)51-18-9-22-58(71-51)75-30-11-28-70-29-33-75/h3-10,12-25,37-39,70H,11,26-36,40H2,1-2H3,(H,73,80)(H,74,81). The van der Waals surface area contributed by atoms with Crippen molar-refractivity contribution in [3.05, 3.63) is 218 Å². The molecule has 0 unspecified atom stereocenters. The van der Waals surface area contributed by atoms with E-state index in [-0.39, 0.29) is 61.5 Å². The molecule has 0 bridgehead atoms. The van der Waals surface area contributed by atoms with Crippen LogP contribution in [0.2, 0.25) is 0 Å². The fraction of sp³-hybridized carbons (Fsp3) is 0.224. The highest BCUT2D eigenvalue weighted by Crippen LogP contribution is 2.45. The Labute approximate surface area is 516 Å². The second-order valence-electron chi connectivity index (χ2n) is 22.2. The number of aromatic nitrogens is 2. The Hall–Kier alpha value is -8.99. The van der Waals surface area contributed by atoms with Crippen molar-refractivity contribution in [2.24, 2.45) is 0 Å². The van der Waals surface area contributed by atoms with Gasteiger partial charge in [0.05, 0.1) is 38.8 Å². The van der Waals surface area contributed by atoms with E-state index >= 15 is 4.39 Å². The van der Waals surface area contributed by atoms with Crippen LogP contribution in [0, 0.1) is 18.6 Å². The smallest absolute Gasteiger partial charge is 0.276 e. The molecule has 21 heteroatoms. The van der Waals surface area contributed by atoms with Gasteiger partial charge in [-0.05, 0) is 139 Å². The van der Waals surface area contributed by atoms with Gasteiger partial charge in [-0.25, -0.2) is 27.2 Å². The fourth-order valence-electron chi connectivity index (χ4n) is 12.0. The molecule has 3 N–H and O–H groups in total. The number of hydrogen-bond acceptors (Lipinski definition) is 13. The third kappa shape index (κ3) is 11.6. The van der Waals surface area contributed by atoms with Crippen LogP contribution in [0.15, 0.2) is 152 Å². The molecule has 9 aromatic rings. The van der Waals surface area contributed by atoms with E-state index in [1.165, 1.54) is 45.4 Å². The number of benzene rings is 5. The first-order valence-corrected chi connectivity index (χ1v) is 32.6. The van der Waals surface area contributed by atoms with Gasteiger partial charge in [-0.2, -0.15) is 4.31 Å². The van der Waals surface area contributed by atoms with E-state index in [0.29, 0.717) is 74.4 Å². The minimum atomic E-state index is -3.67. The van der Waals surface area contributed by atoms with Crippen LogP contribution in [0.3, 0.4) is 0 Å². The highest BCUT2D eigenvalue weighted by Gasteiger charge is 2.33. The van der Waals surface area contributed by atoms with Gasteiger partial charge in [0.25, 0.3) is 23.6 Å². The van der Waals surface area contributed by atoms with Gasteiger partial charge in [0.2, 0.25) is 10.0 Å². The van der Waals surface area contributed by atoms with Crippen molar-refractivity contribution in [3.8, 4) is 20.9 Å². The third-order valence-electron chi connectivity index (χ3n) is 16.5. The fourth-order valence-corrected chi connectivity index (χ4v) is 15.1. The number of pyridine rings is 2. The van der Waals surface area contributed by atoms with Crippen molar-refractivity contribution in [1.29, 1.82) is 0 Å². The summed E-state index contributed by atoms with van der Waals surface area (Å²) in [5, 5.41) is 9.08. The highest BCUT2D eigenvalue weighted by molar-refractivity contribution is 7.88. The average Bonchev–Trinajstić information content (AvgIpc) is 1.84. The van der Waals surface area contributed by atoms with Gasteiger partial charge in [0, 0.05) is 78.9 Å². The second kappa shape index (κ2) is 24.3. The number of aryl methyl sites for hydroxylation is 1. The largest absolute Gasteiger partial charge is 0.355 e. The Balaban J connectivity index is 0.749. The Bertz CT molecular complexity index is 4350. The van der Waals surface area contributed by atoms with Gasteiger partial charge in [0.15, 0.2) is 0 Å². The quantitative estimate of drug-likeness (QED) is 0.112. The number of sulfonamides is 1. The van der Waals surface area contributed by atoms with Crippen LogP contribution in [0.5, 0.6) is 0 Å². The highest BCUT2D eigenvalue weighted by atomic mass is 32.2. The van der Waals surface area contributed by atoms with Crippen molar-refractivity contribution in [2.75, 3.05) is 88.8 Å². The molecule has 0 aliphatic carbocycles. The van der Waals surface area contributed by atoms with E-state index in [9.17, 15) is 32.0 Å². The molecule has 1 fully saturated rings. The Morgan fingerprint density at radius 1 is 0.580 bits per heavy atom. The number of anilines is 7. The zero-order valence-electron chi connectivity index (χ0n) is 48.2. The number of nitrogens with zero attached hydrogens (tertiary/aromatic N) is 7. The topological polar surface area (TPSA) is 180 Å². The number of fused-ring (bicyclic) bond motifs is 7. The lowest BCUT2D eigenvalue weighted by Crippen LogP contribution is -2.34. The first-order valence-electron chi connectivity index (χ1n) is 29.1. The van der Waals surface area contributed by atoms with Crippen LogP contribution in [0.25, 0.3) is 20.9 Å². The number of halogens is 2. The van der Waals surface area contributed by atoms with Crippen molar-refractivity contribution >= 4 is 96.4 Å². The summed E-state index contributed by atoms with van der Waals surface area (Å²) in [5.41, 5.74) is 8.48. The van der Waals surface area contributed by atoms with Gasteiger partial charge in [-0.15, -0.1) is 22.7 Å². The lowest BCUT2D eigenvalue weighted by Gasteiger charge is -2.26. The van der Waals surface area contributed by atoms with Gasteiger partial charge in [-0.3, -0.25) is 19.2 Å². The SMILES string of the molecule is Cc1cccc(F)c1NC(=O)c1cc2c(s1)-c1ccccc1N(C(=O)c1cccc(N3CCN(S(C)(=O)=O)Cc4ccc(Cc5cccc(F)c5NC(=O)c5cc6c(s5)-c5ccccc5N(C(=O)c5cccc(N7CCCNCC7)n5)CC6)cc43)n1)CC2. The number of hydrogen-bond donors (Lipinski definition) is 3. The molecule has 88 heavy (non-hydrogen) atoms. The minimum Gasteiger partial charge on any atom is -0.355 e. The number of rotatable bonds is 11. The van der Waals surface area contributed by atoms with Crippen LogP contribution >= 0.6 is 22.7 Å². The first-order chi connectivity index (χ1) is 42.6.